The second kappa shape index (κ2) is 6.20. The quantitative estimate of drug-likeness (QED) is 0.380. The molecule has 0 aromatic heterocycles. The normalized spacial score (nSPS) is 12.0. The average Bonchev–Trinajstić information content (AvgIpc) is 2.73. The minimum absolute atomic E-state index is 0.957. The van der Waals surface area contributed by atoms with Crippen LogP contribution in [-0.4, -0.2) is 0 Å². The number of nitrogens with one attached hydrogen (secondary N) is 1. The summed E-state index contributed by atoms with van der Waals surface area (Å²) in [6, 6.07) is 34.6. The van der Waals surface area contributed by atoms with Gasteiger partial charge in [-0.1, -0.05) is 72.8 Å². The summed E-state index contributed by atoms with van der Waals surface area (Å²) in [7, 11) is 0. The maximum absolute atomic E-state index is 3.60. The first-order chi connectivity index (χ1) is 12.9. The predicted octanol–water partition coefficient (Wildman–Crippen LogP) is 6.67. The van der Waals surface area contributed by atoms with E-state index in [1.54, 1.807) is 0 Å². The van der Waals surface area contributed by atoms with Crippen molar-refractivity contribution in [3.8, 4) is 22.3 Å². The maximum Gasteiger partial charge on any atom is 0.0420 e. The van der Waals surface area contributed by atoms with Crippen LogP contribution in [0.1, 0.15) is 11.1 Å². The van der Waals surface area contributed by atoms with E-state index < -0.39 is 0 Å². The zero-order chi connectivity index (χ0) is 17.3. The molecule has 0 fully saturated rings. The Bertz CT molecular complexity index is 979. The van der Waals surface area contributed by atoms with Crippen LogP contribution >= 0.6 is 0 Å². The van der Waals surface area contributed by atoms with Crippen LogP contribution in [0.4, 0.5) is 11.4 Å². The first-order valence-corrected chi connectivity index (χ1v) is 9.00. The molecular weight excluding hydrogens is 314 g/mol. The van der Waals surface area contributed by atoms with Crippen LogP contribution in [0.25, 0.3) is 22.3 Å². The molecule has 124 valence electrons. The van der Waals surface area contributed by atoms with Crippen LogP contribution < -0.4 is 5.32 Å². The smallest absolute Gasteiger partial charge is 0.0420 e. The third kappa shape index (κ3) is 2.68. The molecule has 0 saturated heterocycles. The molecule has 0 radical (unpaired) electrons. The minimum atomic E-state index is 0.957. The molecule has 4 aromatic carbocycles. The third-order valence-corrected chi connectivity index (χ3v) is 5.07. The van der Waals surface area contributed by atoms with E-state index in [9.17, 15) is 0 Å². The van der Waals surface area contributed by atoms with Gasteiger partial charge >= 0.3 is 0 Å². The minimum Gasteiger partial charge on any atom is -0.355 e. The lowest BCUT2D eigenvalue weighted by atomic mass is 9.92. The molecule has 0 spiro atoms. The summed E-state index contributed by atoms with van der Waals surface area (Å²) in [5.74, 6) is 0. The second-order valence-corrected chi connectivity index (χ2v) is 6.78. The highest BCUT2D eigenvalue weighted by molar-refractivity contribution is 5.78. The summed E-state index contributed by atoms with van der Waals surface area (Å²) in [5.41, 5.74) is 10.2. The molecule has 0 unspecified atom stereocenters. The third-order valence-electron chi connectivity index (χ3n) is 5.07. The predicted molar refractivity (Wildman–Crippen MR) is 110 cm³/mol. The van der Waals surface area contributed by atoms with Crippen molar-refractivity contribution >= 4 is 11.4 Å². The molecule has 1 aliphatic rings. The molecule has 26 heavy (non-hydrogen) atoms. The van der Waals surface area contributed by atoms with Gasteiger partial charge in [0.1, 0.15) is 0 Å². The fourth-order valence-corrected chi connectivity index (χ4v) is 3.69. The highest BCUT2D eigenvalue weighted by Gasteiger charge is 2.16. The molecule has 1 heterocycles. The summed E-state index contributed by atoms with van der Waals surface area (Å²) in [5, 5.41) is 3.60. The van der Waals surface area contributed by atoms with Crippen molar-refractivity contribution in [3.05, 3.63) is 108 Å². The van der Waals surface area contributed by atoms with Crippen LogP contribution in [0, 0.1) is 0 Å². The van der Waals surface area contributed by atoms with Crippen molar-refractivity contribution in [2.75, 3.05) is 5.32 Å². The molecule has 5 rings (SSSR count). The Hall–Kier alpha value is -3.32. The Morgan fingerprint density at radius 3 is 1.38 bits per heavy atom. The van der Waals surface area contributed by atoms with Crippen molar-refractivity contribution in [2.45, 2.75) is 6.42 Å². The number of rotatable bonds is 2. The topological polar surface area (TPSA) is 12.0 Å². The van der Waals surface area contributed by atoms with Gasteiger partial charge in [0.25, 0.3) is 0 Å². The summed E-state index contributed by atoms with van der Waals surface area (Å²) < 4.78 is 0. The number of hydrogen-bond acceptors (Lipinski definition) is 1. The van der Waals surface area contributed by atoms with Crippen LogP contribution in [0.3, 0.4) is 0 Å². The molecule has 1 N–H and O–H groups in total. The average molecular weight is 333 g/mol. The Morgan fingerprint density at radius 1 is 0.462 bits per heavy atom. The summed E-state index contributed by atoms with van der Waals surface area (Å²) >= 11 is 0. The van der Waals surface area contributed by atoms with E-state index in [4.69, 9.17) is 0 Å². The first kappa shape index (κ1) is 15.0. The zero-order valence-corrected chi connectivity index (χ0v) is 14.4. The lowest BCUT2D eigenvalue weighted by molar-refractivity contribution is 1.16. The highest BCUT2D eigenvalue weighted by Crippen LogP contribution is 2.37. The van der Waals surface area contributed by atoms with Gasteiger partial charge < -0.3 is 5.32 Å². The number of benzene rings is 4. The fraction of sp³-hybridized carbons (Fsp3) is 0.0400. The van der Waals surface area contributed by atoms with Gasteiger partial charge in [-0.25, -0.2) is 0 Å². The largest absolute Gasteiger partial charge is 0.355 e. The van der Waals surface area contributed by atoms with Gasteiger partial charge in [-0.2, -0.15) is 0 Å². The van der Waals surface area contributed by atoms with Crippen molar-refractivity contribution in [1.82, 2.24) is 0 Å². The number of anilines is 2. The molecule has 4 aromatic rings. The van der Waals surface area contributed by atoms with Gasteiger partial charge in [0.05, 0.1) is 0 Å². The van der Waals surface area contributed by atoms with Crippen molar-refractivity contribution in [3.63, 3.8) is 0 Å². The Kier molecular flexibility index (Phi) is 3.57. The Morgan fingerprint density at radius 2 is 0.923 bits per heavy atom. The molecule has 1 nitrogen and oxygen atoms in total. The molecule has 1 aliphatic heterocycles. The van der Waals surface area contributed by atoms with Crippen LogP contribution in [0.5, 0.6) is 0 Å². The fourth-order valence-electron chi connectivity index (χ4n) is 3.69. The van der Waals surface area contributed by atoms with E-state index in [1.807, 2.05) is 0 Å². The molecule has 1 heteroatoms. The highest BCUT2D eigenvalue weighted by atomic mass is 14.9. The zero-order valence-electron chi connectivity index (χ0n) is 14.4. The van der Waals surface area contributed by atoms with Gasteiger partial charge in [0, 0.05) is 17.8 Å². The summed E-state index contributed by atoms with van der Waals surface area (Å²) in [4.78, 5) is 0. The summed E-state index contributed by atoms with van der Waals surface area (Å²) in [6.45, 7) is 0. The van der Waals surface area contributed by atoms with E-state index >= 15 is 0 Å². The van der Waals surface area contributed by atoms with E-state index in [-0.39, 0.29) is 0 Å². The molecule has 0 saturated carbocycles. The molecule has 0 bridgehead atoms. The van der Waals surface area contributed by atoms with Crippen molar-refractivity contribution in [1.29, 1.82) is 0 Å². The van der Waals surface area contributed by atoms with Gasteiger partial charge in [0.15, 0.2) is 0 Å². The van der Waals surface area contributed by atoms with Gasteiger partial charge in [-0.05, 0) is 57.6 Å². The Labute approximate surface area is 154 Å². The van der Waals surface area contributed by atoms with Gasteiger partial charge in [-0.3, -0.25) is 0 Å². The van der Waals surface area contributed by atoms with Crippen LogP contribution in [0.2, 0.25) is 0 Å². The maximum atomic E-state index is 3.60. The number of hydrogen-bond donors (Lipinski definition) is 1. The lowest BCUT2D eigenvalue weighted by Gasteiger charge is -2.23. The van der Waals surface area contributed by atoms with Crippen molar-refractivity contribution < 1.29 is 0 Å². The molecule has 0 aliphatic carbocycles. The van der Waals surface area contributed by atoms with E-state index in [1.165, 1.54) is 44.8 Å². The first-order valence-electron chi connectivity index (χ1n) is 9.00. The monoisotopic (exact) mass is 333 g/mol. The summed E-state index contributed by atoms with van der Waals surface area (Å²) in [6.07, 6.45) is 0.957. The molecule has 0 amide bonds. The van der Waals surface area contributed by atoms with E-state index in [2.05, 4.69) is 102 Å². The van der Waals surface area contributed by atoms with Crippen LogP contribution in [-0.2, 0) is 6.42 Å². The van der Waals surface area contributed by atoms with E-state index in [0.717, 1.165) is 6.42 Å². The molecule has 0 atom stereocenters. The number of fused-ring (bicyclic) bond motifs is 2. The van der Waals surface area contributed by atoms with E-state index in [0.29, 0.717) is 0 Å². The van der Waals surface area contributed by atoms with Gasteiger partial charge in [-0.15, -0.1) is 0 Å². The van der Waals surface area contributed by atoms with Crippen LogP contribution in [0.15, 0.2) is 97.1 Å². The molecular formula is C25H19N. The SMILES string of the molecule is c1ccc(-c2ccc3c(c2)Cc2cc(-c4ccccc4)ccc2N3)cc1. The standard InChI is InChI=1S/C25H19N/c1-3-7-18(8-4-1)20-11-13-24-22(15-20)17-23-16-21(12-14-25(23)26-24)19-9-5-2-6-10-19/h1-16,26H,17H2. The van der Waals surface area contributed by atoms with Crippen molar-refractivity contribution in [2.24, 2.45) is 0 Å². The van der Waals surface area contributed by atoms with Gasteiger partial charge in [0.2, 0.25) is 0 Å². The lowest BCUT2D eigenvalue weighted by Crippen LogP contribution is -2.07. The Balaban J connectivity index is 1.52. The second-order valence-electron chi connectivity index (χ2n) is 6.78.